The maximum absolute atomic E-state index is 13.4. The van der Waals surface area contributed by atoms with Crippen LogP contribution >= 0.6 is 11.6 Å². The number of allylic oxidation sites excluding steroid dienone is 1. The fraction of sp³-hybridized carbons (Fsp3) is 0.238. The van der Waals surface area contributed by atoms with Gasteiger partial charge < -0.3 is 10.1 Å². The summed E-state index contributed by atoms with van der Waals surface area (Å²) in [7, 11) is 0. The normalized spacial score (nSPS) is 18.6. The predicted molar refractivity (Wildman–Crippen MR) is 102 cm³/mol. The minimum atomic E-state index is -4.66. The lowest BCUT2D eigenvalue weighted by Crippen LogP contribution is -2.36. The van der Waals surface area contributed by atoms with Crippen molar-refractivity contribution in [1.82, 2.24) is 5.32 Å². The summed E-state index contributed by atoms with van der Waals surface area (Å²) in [4.78, 5) is 13.0. The second-order valence-electron chi connectivity index (χ2n) is 6.47. The van der Waals surface area contributed by atoms with Crippen molar-refractivity contribution in [2.24, 2.45) is 0 Å². The predicted octanol–water partition coefficient (Wildman–Crippen LogP) is 4.99. The van der Waals surface area contributed by atoms with Crippen LogP contribution in [0.1, 0.15) is 22.8 Å². The SMILES string of the molecule is CC1OCCN/C1=C(/C#N)C(=O)c1cc(-c2ccc(Cl)cc2)cc(C(F)(F)F)c1. The summed E-state index contributed by atoms with van der Waals surface area (Å²) in [6, 6.07) is 11.1. The highest BCUT2D eigenvalue weighted by atomic mass is 35.5. The molecule has 4 nitrogen and oxygen atoms in total. The molecule has 150 valence electrons. The molecular formula is C21H16ClF3N2O2. The lowest BCUT2D eigenvalue weighted by molar-refractivity contribution is -0.137. The van der Waals surface area contributed by atoms with E-state index in [0.29, 0.717) is 23.7 Å². The number of hydrogen-bond donors (Lipinski definition) is 1. The highest BCUT2D eigenvalue weighted by Gasteiger charge is 2.33. The number of benzene rings is 2. The van der Waals surface area contributed by atoms with Gasteiger partial charge in [-0.15, -0.1) is 0 Å². The summed E-state index contributed by atoms with van der Waals surface area (Å²) in [6.45, 7) is 2.47. The third kappa shape index (κ3) is 4.61. The molecule has 2 aromatic carbocycles. The number of hydrogen-bond acceptors (Lipinski definition) is 4. The van der Waals surface area contributed by atoms with Gasteiger partial charge in [0.25, 0.3) is 0 Å². The van der Waals surface area contributed by atoms with E-state index in [9.17, 15) is 23.2 Å². The van der Waals surface area contributed by atoms with E-state index >= 15 is 0 Å². The van der Waals surface area contributed by atoms with E-state index in [0.717, 1.165) is 12.1 Å². The monoisotopic (exact) mass is 420 g/mol. The number of carbonyl (C=O) groups is 1. The van der Waals surface area contributed by atoms with Crippen molar-refractivity contribution >= 4 is 17.4 Å². The van der Waals surface area contributed by atoms with Gasteiger partial charge in [-0.1, -0.05) is 23.7 Å². The van der Waals surface area contributed by atoms with Crippen molar-refractivity contribution < 1.29 is 22.7 Å². The van der Waals surface area contributed by atoms with Crippen LogP contribution in [0.5, 0.6) is 0 Å². The van der Waals surface area contributed by atoms with E-state index in [1.165, 1.54) is 6.07 Å². The Kier molecular flexibility index (Phi) is 5.96. The fourth-order valence-corrected chi connectivity index (χ4v) is 3.18. The summed E-state index contributed by atoms with van der Waals surface area (Å²) in [5.41, 5.74) is -0.533. The molecule has 1 saturated heterocycles. The fourth-order valence-electron chi connectivity index (χ4n) is 3.05. The van der Waals surface area contributed by atoms with Crippen molar-refractivity contribution in [2.75, 3.05) is 13.2 Å². The molecule has 0 radical (unpaired) electrons. The quantitative estimate of drug-likeness (QED) is 0.431. The van der Waals surface area contributed by atoms with Crippen molar-refractivity contribution in [3.05, 3.63) is 69.9 Å². The molecule has 1 aliphatic rings. The van der Waals surface area contributed by atoms with Crippen LogP contribution in [-0.2, 0) is 10.9 Å². The van der Waals surface area contributed by atoms with Gasteiger partial charge in [0.2, 0.25) is 5.78 Å². The van der Waals surface area contributed by atoms with Crippen molar-refractivity contribution in [3.63, 3.8) is 0 Å². The third-order valence-corrected chi connectivity index (χ3v) is 4.75. The Bertz CT molecular complexity index is 1010. The van der Waals surface area contributed by atoms with E-state index in [1.807, 2.05) is 6.07 Å². The minimum Gasteiger partial charge on any atom is -0.383 e. The zero-order chi connectivity index (χ0) is 21.2. The number of nitriles is 1. The van der Waals surface area contributed by atoms with Crippen LogP contribution in [0.3, 0.4) is 0 Å². The standard InChI is InChI=1S/C21H16ClF3N2O2/c1-12-19(27-6-7-29-12)18(11-26)20(28)15-8-14(9-16(10-15)21(23,24)25)13-2-4-17(22)5-3-13/h2-5,8-10,12,27H,6-7H2,1H3/b19-18-. The number of nitrogens with zero attached hydrogens (tertiary/aromatic N) is 1. The summed E-state index contributed by atoms with van der Waals surface area (Å²) in [5, 5.41) is 12.9. The van der Waals surface area contributed by atoms with Gasteiger partial charge in [-0.05, 0) is 48.4 Å². The molecule has 1 atom stereocenters. The Labute approximate surface area is 170 Å². The van der Waals surface area contributed by atoms with Crippen LogP contribution < -0.4 is 5.32 Å². The number of halogens is 4. The molecule has 1 aliphatic heterocycles. The average molecular weight is 421 g/mol. The zero-order valence-corrected chi connectivity index (χ0v) is 16.1. The Morgan fingerprint density at radius 3 is 2.48 bits per heavy atom. The number of ether oxygens (including phenoxy) is 1. The second-order valence-corrected chi connectivity index (χ2v) is 6.91. The first-order valence-electron chi connectivity index (χ1n) is 8.73. The summed E-state index contributed by atoms with van der Waals surface area (Å²) in [5.74, 6) is -0.798. The zero-order valence-electron chi connectivity index (χ0n) is 15.3. The highest BCUT2D eigenvalue weighted by molar-refractivity contribution is 6.30. The Balaban J connectivity index is 2.14. The first-order chi connectivity index (χ1) is 13.7. The Morgan fingerprint density at radius 1 is 1.21 bits per heavy atom. The number of morpholine rings is 1. The molecule has 0 bridgehead atoms. The lowest BCUT2D eigenvalue weighted by Gasteiger charge is -2.25. The first kappa shape index (κ1) is 20.9. The molecule has 3 rings (SSSR count). The highest BCUT2D eigenvalue weighted by Crippen LogP contribution is 2.34. The van der Waals surface area contributed by atoms with E-state index < -0.39 is 23.6 Å². The molecule has 0 saturated carbocycles. The van der Waals surface area contributed by atoms with E-state index in [4.69, 9.17) is 16.3 Å². The van der Waals surface area contributed by atoms with Crippen LogP contribution in [0.25, 0.3) is 11.1 Å². The number of Topliss-reactive ketones (excluding diaryl/α,β-unsaturated/α-hetero) is 1. The maximum Gasteiger partial charge on any atom is 0.416 e. The molecule has 0 amide bonds. The smallest absolute Gasteiger partial charge is 0.383 e. The van der Waals surface area contributed by atoms with Crippen molar-refractivity contribution in [3.8, 4) is 17.2 Å². The van der Waals surface area contributed by atoms with Crippen molar-refractivity contribution in [2.45, 2.75) is 19.2 Å². The minimum absolute atomic E-state index is 0.197. The van der Waals surface area contributed by atoms with Gasteiger partial charge in [-0.3, -0.25) is 4.79 Å². The molecule has 0 aliphatic carbocycles. The van der Waals surface area contributed by atoms with Crippen LogP contribution in [0.2, 0.25) is 5.02 Å². The van der Waals surface area contributed by atoms with E-state index in [2.05, 4.69) is 5.32 Å². The summed E-state index contributed by atoms with van der Waals surface area (Å²) in [6.07, 6.45) is -5.19. The molecule has 1 N–H and O–H groups in total. The van der Waals surface area contributed by atoms with Crippen LogP contribution in [0, 0.1) is 11.3 Å². The van der Waals surface area contributed by atoms with Gasteiger partial charge in [0, 0.05) is 17.1 Å². The third-order valence-electron chi connectivity index (χ3n) is 4.50. The number of ketones is 1. The Morgan fingerprint density at radius 2 is 1.90 bits per heavy atom. The van der Waals surface area contributed by atoms with Gasteiger partial charge in [0.1, 0.15) is 11.6 Å². The molecule has 0 spiro atoms. The average Bonchev–Trinajstić information content (AvgIpc) is 2.69. The number of alkyl halides is 3. The first-order valence-corrected chi connectivity index (χ1v) is 9.11. The van der Waals surface area contributed by atoms with Gasteiger partial charge >= 0.3 is 6.18 Å². The van der Waals surface area contributed by atoms with Crippen LogP contribution in [0.15, 0.2) is 53.7 Å². The van der Waals surface area contributed by atoms with E-state index in [1.54, 1.807) is 31.2 Å². The molecule has 1 heterocycles. The lowest BCUT2D eigenvalue weighted by atomic mass is 9.94. The van der Waals surface area contributed by atoms with Crippen LogP contribution in [0.4, 0.5) is 13.2 Å². The molecule has 1 fully saturated rings. The second kappa shape index (κ2) is 8.27. The molecular weight excluding hydrogens is 405 g/mol. The Hall–Kier alpha value is -2.82. The van der Waals surface area contributed by atoms with Gasteiger partial charge in [-0.2, -0.15) is 18.4 Å². The topological polar surface area (TPSA) is 62.1 Å². The van der Waals surface area contributed by atoms with Gasteiger partial charge in [0.05, 0.1) is 24.0 Å². The number of nitrogens with one attached hydrogen (secondary N) is 1. The van der Waals surface area contributed by atoms with E-state index in [-0.39, 0.29) is 22.4 Å². The number of rotatable bonds is 3. The molecule has 8 heteroatoms. The van der Waals surface area contributed by atoms with Crippen molar-refractivity contribution in [1.29, 1.82) is 5.26 Å². The maximum atomic E-state index is 13.4. The summed E-state index contributed by atoms with van der Waals surface area (Å²) < 4.78 is 45.8. The molecule has 29 heavy (non-hydrogen) atoms. The largest absolute Gasteiger partial charge is 0.416 e. The molecule has 0 aromatic heterocycles. The molecule has 1 unspecified atom stereocenters. The summed E-state index contributed by atoms with van der Waals surface area (Å²) >= 11 is 5.85. The van der Waals surface area contributed by atoms with Gasteiger partial charge in [0.15, 0.2) is 0 Å². The van der Waals surface area contributed by atoms with Gasteiger partial charge in [-0.25, -0.2) is 0 Å². The number of carbonyl (C=O) groups excluding carboxylic acids is 1. The van der Waals surface area contributed by atoms with Crippen LogP contribution in [-0.4, -0.2) is 25.0 Å². The molecule has 2 aromatic rings.